The summed E-state index contributed by atoms with van der Waals surface area (Å²) in [5, 5.41) is 13.4. The normalized spacial score (nSPS) is 32.4. The van der Waals surface area contributed by atoms with E-state index in [1.54, 1.807) is 6.92 Å². The van der Waals surface area contributed by atoms with Crippen LogP contribution in [0.1, 0.15) is 31.4 Å². The number of aliphatic hydroxyl groups excluding tert-OH is 1. The number of hydrogen-bond donors (Lipinski definition) is 2. The van der Waals surface area contributed by atoms with Crippen LogP contribution in [-0.2, 0) is 28.6 Å². The largest absolute Gasteiger partial charge is 0.466 e. The maximum atomic E-state index is 14.0. The second-order valence-electron chi connectivity index (χ2n) is 9.91. The minimum Gasteiger partial charge on any atom is -0.466 e. The van der Waals surface area contributed by atoms with Crippen molar-refractivity contribution in [1.82, 2.24) is 15.1 Å². The molecule has 2 amide bonds. The predicted molar refractivity (Wildman–Crippen MR) is 128 cm³/mol. The van der Waals surface area contributed by atoms with E-state index in [9.17, 15) is 19.5 Å². The van der Waals surface area contributed by atoms with Crippen LogP contribution in [0.5, 0.6) is 0 Å². The summed E-state index contributed by atoms with van der Waals surface area (Å²) >= 11 is 0. The first kappa shape index (κ1) is 25.1. The Hall–Kier alpha value is -2.53. The Balaban J connectivity index is 1.45. The van der Waals surface area contributed by atoms with Crippen molar-refractivity contribution in [2.45, 2.75) is 43.6 Å². The van der Waals surface area contributed by atoms with Crippen molar-refractivity contribution in [3.05, 3.63) is 35.9 Å². The Labute approximate surface area is 210 Å². The van der Waals surface area contributed by atoms with Crippen LogP contribution in [0.15, 0.2) is 30.3 Å². The summed E-state index contributed by atoms with van der Waals surface area (Å²) < 4.78 is 17.1. The third-order valence-corrected chi connectivity index (χ3v) is 8.07. The van der Waals surface area contributed by atoms with Gasteiger partial charge in [-0.25, -0.2) is 0 Å². The molecule has 0 aromatic heterocycles. The number of carbonyl (C=O) groups excluding carboxylic acids is 3. The molecule has 4 aliphatic heterocycles. The van der Waals surface area contributed by atoms with E-state index in [0.717, 1.165) is 18.7 Å². The Morgan fingerprint density at radius 1 is 1.25 bits per heavy atom. The lowest BCUT2D eigenvalue weighted by Gasteiger charge is -2.37. The van der Waals surface area contributed by atoms with Gasteiger partial charge in [0.15, 0.2) is 0 Å². The lowest BCUT2D eigenvalue weighted by atomic mass is 9.71. The number of ether oxygens (including phenoxy) is 3. The molecule has 1 aromatic rings. The Bertz CT molecular complexity index is 970. The minimum atomic E-state index is -1.12. The Morgan fingerprint density at radius 3 is 2.69 bits per heavy atom. The second kappa shape index (κ2) is 10.5. The number of amides is 2. The van der Waals surface area contributed by atoms with Crippen LogP contribution in [0.2, 0.25) is 0 Å². The van der Waals surface area contributed by atoms with Crippen LogP contribution in [0.25, 0.3) is 0 Å². The third-order valence-electron chi connectivity index (χ3n) is 8.07. The molecule has 0 unspecified atom stereocenters. The van der Waals surface area contributed by atoms with E-state index in [4.69, 9.17) is 14.2 Å². The van der Waals surface area contributed by atoms with Gasteiger partial charge in [0.25, 0.3) is 0 Å². The number of fused-ring (bicyclic) bond motifs is 1. The first-order valence-electron chi connectivity index (χ1n) is 12.9. The van der Waals surface area contributed by atoms with Crippen LogP contribution in [0.3, 0.4) is 0 Å². The number of benzene rings is 1. The fraction of sp³-hybridized carbons (Fsp3) is 0.654. The highest BCUT2D eigenvalue weighted by atomic mass is 16.6. The molecule has 0 radical (unpaired) electrons. The number of carbonyl (C=O) groups is 3. The number of likely N-dealkylation sites (tertiary alicyclic amines) is 1. The standard InChI is InChI=1S/C26H35N3O7/c1-2-35-25(33)20-19-8-9-26(36-19)21(20)24(32)29(18(16-30)17-6-4-3-5-7-17)22(26)23(31)27-10-11-28-12-14-34-15-13-28/h3-7,18-22,30H,2,8-16H2,1H3,(H,27,31)/t18-,19+,20-,21-,22+,26-/m1/s1. The summed E-state index contributed by atoms with van der Waals surface area (Å²) in [4.78, 5) is 44.4. The summed E-state index contributed by atoms with van der Waals surface area (Å²) in [7, 11) is 0. The van der Waals surface area contributed by atoms with Crippen molar-refractivity contribution < 1.29 is 33.7 Å². The number of nitrogens with zero attached hydrogens (tertiary/aromatic N) is 2. The molecule has 0 saturated carbocycles. The SMILES string of the molecule is CCOC(=O)[C@@H]1[C@@H]2CC[C@]3(O2)[C@H](C(=O)NCCN2CCOCC2)N([C@H](CO)c2ccccc2)C(=O)[C@@H]13. The van der Waals surface area contributed by atoms with Gasteiger partial charge in [-0.1, -0.05) is 30.3 Å². The fourth-order valence-corrected chi connectivity index (χ4v) is 6.52. The summed E-state index contributed by atoms with van der Waals surface area (Å²) in [6.45, 7) is 5.61. The van der Waals surface area contributed by atoms with E-state index < -0.39 is 41.6 Å². The van der Waals surface area contributed by atoms with Crippen LogP contribution >= 0.6 is 0 Å². The van der Waals surface area contributed by atoms with Gasteiger partial charge in [0.2, 0.25) is 11.8 Å². The molecule has 4 aliphatic rings. The van der Waals surface area contributed by atoms with Crippen molar-refractivity contribution in [2.24, 2.45) is 11.8 Å². The molecule has 5 rings (SSSR count). The fourth-order valence-electron chi connectivity index (χ4n) is 6.52. The van der Waals surface area contributed by atoms with Gasteiger partial charge < -0.3 is 29.5 Å². The van der Waals surface area contributed by atoms with E-state index >= 15 is 0 Å². The van der Waals surface area contributed by atoms with E-state index in [2.05, 4.69) is 10.2 Å². The zero-order valence-electron chi connectivity index (χ0n) is 20.6. The topological polar surface area (TPSA) is 118 Å². The van der Waals surface area contributed by atoms with Gasteiger partial charge >= 0.3 is 5.97 Å². The minimum absolute atomic E-state index is 0.203. The second-order valence-corrected chi connectivity index (χ2v) is 9.91. The monoisotopic (exact) mass is 501 g/mol. The molecule has 10 heteroatoms. The van der Waals surface area contributed by atoms with Gasteiger partial charge in [-0.05, 0) is 25.3 Å². The van der Waals surface area contributed by atoms with Crippen LogP contribution in [0.4, 0.5) is 0 Å². The Kier molecular flexibility index (Phi) is 7.30. The first-order chi connectivity index (χ1) is 17.5. The average molecular weight is 502 g/mol. The highest BCUT2D eigenvalue weighted by Crippen LogP contribution is 2.59. The lowest BCUT2D eigenvalue weighted by Crippen LogP contribution is -2.57. The zero-order valence-corrected chi connectivity index (χ0v) is 20.6. The predicted octanol–water partition coefficient (Wildman–Crippen LogP) is 0.106. The summed E-state index contributed by atoms with van der Waals surface area (Å²) in [6, 6.07) is 7.48. The van der Waals surface area contributed by atoms with E-state index in [1.165, 1.54) is 4.90 Å². The number of nitrogens with one attached hydrogen (secondary N) is 1. The number of aliphatic hydroxyl groups is 1. The molecule has 6 atom stereocenters. The van der Waals surface area contributed by atoms with Gasteiger partial charge in [-0.3, -0.25) is 19.3 Å². The van der Waals surface area contributed by atoms with Gasteiger partial charge in [-0.2, -0.15) is 0 Å². The summed E-state index contributed by atoms with van der Waals surface area (Å²) in [6.07, 6.45) is 0.621. The Morgan fingerprint density at radius 2 is 2.00 bits per heavy atom. The molecule has 10 nitrogen and oxygen atoms in total. The molecular weight excluding hydrogens is 466 g/mol. The van der Waals surface area contributed by atoms with Crippen LogP contribution in [0, 0.1) is 11.8 Å². The zero-order chi connectivity index (χ0) is 25.3. The number of rotatable bonds is 9. The van der Waals surface area contributed by atoms with E-state index in [-0.39, 0.29) is 25.0 Å². The van der Waals surface area contributed by atoms with Gasteiger partial charge in [0, 0.05) is 26.2 Å². The van der Waals surface area contributed by atoms with Crippen LogP contribution in [-0.4, -0.2) is 103 Å². The maximum Gasteiger partial charge on any atom is 0.312 e. The molecule has 4 fully saturated rings. The molecule has 1 spiro atoms. The quantitative estimate of drug-likeness (QED) is 0.458. The first-order valence-corrected chi connectivity index (χ1v) is 12.9. The maximum absolute atomic E-state index is 14.0. The number of esters is 1. The third kappa shape index (κ3) is 4.19. The van der Waals surface area contributed by atoms with Crippen molar-refractivity contribution in [3.63, 3.8) is 0 Å². The number of hydrogen-bond acceptors (Lipinski definition) is 8. The van der Waals surface area contributed by atoms with E-state index in [0.29, 0.717) is 39.1 Å². The van der Waals surface area contributed by atoms with Crippen molar-refractivity contribution in [3.8, 4) is 0 Å². The molecule has 4 saturated heterocycles. The molecule has 2 bridgehead atoms. The lowest BCUT2D eigenvalue weighted by molar-refractivity contribution is -0.155. The average Bonchev–Trinajstić information content (AvgIpc) is 3.54. The van der Waals surface area contributed by atoms with Gasteiger partial charge in [-0.15, -0.1) is 0 Å². The van der Waals surface area contributed by atoms with E-state index in [1.807, 2.05) is 30.3 Å². The molecule has 0 aliphatic carbocycles. The highest BCUT2D eigenvalue weighted by Gasteiger charge is 2.75. The van der Waals surface area contributed by atoms with Crippen molar-refractivity contribution >= 4 is 17.8 Å². The molecule has 36 heavy (non-hydrogen) atoms. The number of morpholine rings is 1. The summed E-state index contributed by atoms with van der Waals surface area (Å²) in [5.74, 6) is -2.70. The van der Waals surface area contributed by atoms with Gasteiger partial charge in [0.1, 0.15) is 11.6 Å². The van der Waals surface area contributed by atoms with Crippen molar-refractivity contribution in [2.75, 3.05) is 52.6 Å². The van der Waals surface area contributed by atoms with Crippen molar-refractivity contribution in [1.29, 1.82) is 0 Å². The molecular formula is C26H35N3O7. The van der Waals surface area contributed by atoms with Crippen LogP contribution < -0.4 is 5.32 Å². The molecule has 2 N–H and O–H groups in total. The molecule has 196 valence electrons. The van der Waals surface area contributed by atoms with Gasteiger partial charge in [0.05, 0.1) is 50.4 Å². The molecule has 4 heterocycles. The molecule has 1 aromatic carbocycles. The summed E-state index contributed by atoms with van der Waals surface area (Å²) in [5.41, 5.74) is -0.400. The highest BCUT2D eigenvalue weighted by molar-refractivity contribution is 5.98. The smallest absolute Gasteiger partial charge is 0.312 e.